The number of likely N-dealkylation sites (N-methyl/N-ethyl adjacent to an activating group) is 2. The minimum Gasteiger partial charge on any atom is -0.340 e. The largest absolute Gasteiger partial charge is 0.340 e. The van der Waals surface area contributed by atoms with E-state index in [4.69, 9.17) is 0 Å². The first-order chi connectivity index (χ1) is 12.3. The molecule has 0 radical (unpaired) electrons. The number of carbonyl (C=O) groups is 1. The molecule has 0 saturated heterocycles. The fourth-order valence-electron chi connectivity index (χ4n) is 2.33. The van der Waals surface area contributed by atoms with Gasteiger partial charge in [-0.2, -0.15) is 0 Å². The standard InChI is InChI=1S/C18H22FN3O3S/c1-13-8-9-14(12-15(13)18(23)22(3)11-10-20-2)26(24,25)21-17-7-5-4-6-16(17)19/h4-9,12,20-21H,10-11H2,1-3H3. The average molecular weight is 379 g/mol. The van der Waals surface area contributed by atoms with Crippen LogP contribution in [-0.4, -0.2) is 46.4 Å². The third-order valence-corrected chi connectivity index (χ3v) is 5.28. The van der Waals surface area contributed by atoms with Crippen molar-refractivity contribution in [2.75, 3.05) is 31.9 Å². The molecule has 6 nitrogen and oxygen atoms in total. The molecule has 26 heavy (non-hydrogen) atoms. The maximum absolute atomic E-state index is 13.7. The third-order valence-electron chi connectivity index (χ3n) is 3.91. The molecular formula is C18H22FN3O3S. The number of halogens is 1. The molecule has 0 fully saturated rings. The van der Waals surface area contributed by atoms with Crippen molar-refractivity contribution in [1.29, 1.82) is 0 Å². The molecule has 0 aliphatic rings. The molecule has 0 saturated carbocycles. The van der Waals surface area contributed by atoms with Gasteiger partial charge < -0.3 is 10.2 Å². The van der Waals surface area contributed by atoms with Crippen molar-refractivity contribution in [3.8, 4) is 0 Å². The Bertz CT molecular complexity index is 900. The summed E-state index contributed by atoms with van der Waals surface area (Å²) in [4.78, 5) is 14.0. The average Bonchev–Trinajstić information content (AvgIpc) is 2.61. The lowest BCUT2D eigenvalue weighted by Crippen LogP contribution is -2.33. The van der Waals surface area contributed by atoms with Crippen LogP contribution >= 0.6 is 0 Å². The number of sulfonamides is 1. The number of hydrogen-bond donors (Lipinski definition) is 2. The maximum Gasteiger partial charge on any atom is 0.262 e. The van der Waals surface area contributed by atoms with Crippen LogP contribution in [0.25, 0.3) is 0 Å². The lowest BCUT2D eigenvalue weighted by Gasteiger charge is -2.19. The second kappa shape index (κ2) is 8.29. The van der Waals surface area contributed by atoms with Gasteiger partial charge in [0.15, 0.2) is 0 Å². The second-order valence-corrected chi connectivity index (χ2v) is 7.57. The van der Waals surface area contributed by atoms with Crippen molar-refractivity contribution in [1.82, 2.24) is 10.2 Å². The molecule has 2 N–H and O–H groups in total. The topological polar surface area (TPSA) is 78.5 Å². The molecular weight excluding hydrogens is 357 g/mol. The molecule has 8 heteroatoms. The number of nitrogens with zero attached hydrogens (tertiary/aromatic N) is 1. The molecule has 0 heterocycles. The van der Waals surface area contributed by atoms with Gasteiger partial charge in [0.2, 0.25) is 0 Å². The fraction of sp³-hybridized carbons (Fsp3) is 0.278. The lowest BCUT2D eigenvalue weighted by atomic mass is 10.1. The van der Waals surface area contributed by atoms with Crippen LogP contribution in [0.4, 0.5) is 10.1 Å². The quantitative estimate of drug-likeness (QED) is 0.773. The van der Waals surface area contributed by atoms with Crippen LogP contribution in [0.15, 0.2) is 47.4 Å². The van der Waals surface area contributed by atoms with Gasteiger partial charge in [0.1, 0.15) is 5.82 Å². The van der Waals surface area contributed by atoms with Gasteiger partial charge in [-0.1, -0.05) is 18.2 Å². The van der Waals surface area contributed by atoms with E-state index in [1.807, 2.05) is 0 Å². The van der Waals surface area contributed by atoms with E-state index < -0.39 is 15.8 Å². The zero-order chi connectivity index (χ0) is 19.3. The summed E-state index contributed by atoms with van der Waals surface area (Å²) in [6.07, 6.45) is 0. The molecule has 140 valence electrons. The Labute approximate surface area is 153 Å². The van der Waals surface area contributed by atoms with E-state index in [1.54, 1.807) is 27.1 Å². The van der Waals surface area contributed by atoms with Gasteiger partial charge in [-0.3, -0.25) is 9.52 Å². The molecule has 0 unspecified atom stereocenters. The molecule has 0 aromatic heterocycles. The lowest BCUT2D eigenvalue weighted by molar-refractivity contribution is 0.0796. The molecule has 0 bridgehead atoms. The normalized spacial score (nSPS) is 11.2. The Morgan fingerprint density at radius 1 is 1.19 bits per heavy atom. The molecule has 1 amide bonds. The van der Waals surface area contributed by atoms with Gasteiger partial charge >= 0.3 is 0 Å². The Balaban J connectivity index is 2.33. The highest BCUT2D eigenvalue weighted by atomic mass is 32.2. The van der Waals surface area contributed by atoms with Gasteiger partial charge in [-0.05, 0) is 43.8 Å². The van der Waals surface area contributed by atoms with Crippen molar-refractivity contribution < 1.29 is 17.6 Å². The number of anilines is 1. The monoisotopic (exact) mass is 379 g/mol. The van der Waals surface area contributed by atoms with Crippen molar-refractivity contribution in [3.05, 3.63) is 59.4 Å². The number of carbonyl (C=O) groups excluding carboxylic acids is 1. The molecule has 0 spiro atoms. The van der Waals surface area contributed by atoms with Crippen LogP contribution < -0.4 is 10.0 Å². The summed E-state index contributed by atoms with van der Waals surface area (Å²) in [5.74, 6) is -0.952. The van der Waals surface area contributed by atoms with Crippen molar-refractivity contribution in [2.45, 2.75) is 11.8 Å². The fourth-order valence-corrected chi connectivity index (χ4v) is 3.43. The zero-order valence-electron chi connectivity index (χ0n) is 14.9. The van der Waals surface area contributed by atoms with Crippen LogP contribution in [0.1, 0.15) is 15.9 Å². The zero-order valence-corrected chi connectivity index (χ0v) is 15.7. The maximum atomic E-state index is 13.7. The summed E-state index contributed by atoms with van der Waals surface area (Å²) >= 11 is 0. The number of nitrogens with one attached hydrogen (secondary N) is 2. The molecule has 2 aromatic carbocycles. The van der Waals surface area contributed by atoms with E-state index >= 15 is 0 Å². The van der Waals surface area contributed by atoms with Crippen LogP contribution in [0.2, 0.25) is 0 Å². The van der Waals surface area contributed by atoms with Crippen LogP contribution in [0.5, 0.6) is 0 Å². The van der Waals surface area contributed by atoms with Crippen molar-refractivity contribution in [2.24, 2.45) is 0 Å². The number of amides is 1. The van der Waals surface area contributed by atoms with Crippen molar-refractivity contribution in [3.63, 3.8) is 0 Å². The van der Waals surface area contributed by atoms with Crippen molar-refractivity contribution >= 4 is 21.6 Å². The summed E-state index contributed by atoms with van der Waals surface area (Å²) in [5.41, 5.74) is 0.809. The number of para-hydroxylation sites is 1. The van der Waals surface area contributed by atoms with Crippen LogP contribution in [0, 0.1) is 12.7 Å². The number of aryl methyl sites for hydroxylation is 1. The van der Waals surface area contributed by atoms with E-state index in [0.29, 0.717) is 24.2 Å². The highest BCUT2D eigenvalue weighted by Gasteiger charge is 2.21. The van der Waals surface area contributed by atoms with Gasteiger partial charge in [0.25, 0.3) is 15.9 Å². The van der Waals surface area contributed by atoms with Gasteiger partial charge in [-0.25, -0.2) is 12.8 Å². The summed E-state index contributed by atoms with van der Waals surface area (Å²) in [7, 11) is -0.591. The Hall–Kier alpha value is -2.45. The Morgan fingerprint density at radius 3 is 2.54 bits per heavy atom. The first-order valence-corrected chi connectivity index (χ1v) is 9.52. The van der Waals surface area contributed by atoms with Crippen LogP contribution in [-0.2, 0) is 10.0 Å². The number of benzene rings is 2. The van der Waals surface area contributed by atoms with E-state index in [9.17, 15) is 17.6 Å². The minimum absolute atomic E-state index is 0.100. The molecule has 0 atom stereocenters. The third kappa shape index (κ3) is 4.59. The predicted molar refractivity (Wildman–Crippen MR) is 99.3 cm³/mol. The first-order valence-electron chi connectivity index (χ1n) is 8.04. The summed E-state index contributed by atoms with van der Waals surface area (Å²) in [5, 5.41) is 2.95. The van der Waals surface area contributed by atoms with E-state index in [2.05, 4.69) is 10.0 Å². The molecule has 0 aliphatic carbocycles. The highest BCUT2D eigenvalue weighted by molar-refractivity contribution is 7.92. The van der Waals surface area contributed by atoms with Crippen LogP contribution in [0.3, 0.4) is 0 Å². The second-order valence-electron chi connectivity index (χ2n) is 5.89. The van der Waals surface area contributed by atoms with Gasteiger partial charge in [0, 0.05) is 25.7 Å². The molecule has 2 rings (SSSR count). The van der Waals surface area contributed by atoms with Gasteiger partial charge in [0.05, 0.1) is 10.6 Å². The first kappa shape index (κ1) is 19.9. The molecule has 2 aromatic rings. The summed E-state index contributed by atoms with van der Waals surface area (Å²) in [6.45, 7) is 2.84. The minimum atomic E-state index is -4.02. The highest BCUT2D eigenvalue weighted by Crippen LogP contribution is 2.21. The number of hydrogen-bond acceptors (Lipinski definition) is 4. The Kier molecular flexibility index (Phi) is 6.33. The van der Waals surface area contributed by atoms with E-state index in [0.717, 1.165) is 0 Å². The summed E-state index contributed by atoms with van der Waals surface area (Å²) in [6, 6.07) is 9.77. The predicted octanol–water partition coefficient (Wildman–Crippen LogP) is 2.23. The SMILES string of the molecule is CNCCN(C)C(=O)c1cc(S(=O)(=O)Nc2ccccc2F)ccc1C. The summed E-state index contributed by atoms with van der Waals surface area (Å²) < 4.78 is 41.1. The number of rotatable bonds is 7. The van der Waals surface area contributed by atoms with E-state index in [-0.39, 0.29) is 16.5 Å². The smallest absolute Gasteiger partial charge is 0.262 e. The van der Waals surface area contributed by atoms with Gasteiger partial charge in [-0.15, -0.1) is 0 Å². The molecule has 0 aliphatic heterocycles. The Morgan fingerprint density at radius 2 is 1.88 bits per heavy atom. The van der Waals surface area contributed by atoms with E-state index in [1.165, 1.54) is 41.3 Å².